The van der Waals surface area contributed by atoms with Crippen LogP contribution in [-0.2, 0) is 0 Å². The summed E-state index contributed by atoms with van der Waals surface area (Å²) < 4.78 is 0. The van der Waals surface area contributed by atoms with Crippen molar-refractivity contribution in [2.45, 2.75) is 0 Å². The minimum Gasteiger partial charge on any atom is -0.310 e. The molecule has 0 heterocycles. The predicted molar refractivity (Wildman–Crippen MR) is 218 cm³/mol. The molecule has 0 radical (unpaired) electrons. The molecule has 0 fully saturated rings. The highest BCUT2D eigenvalue weighted by Crippen LogP contribution is 2.48. The Bertz CT molecular complexity index is 2610. The molecule has 9 aromatic rings. The number of rotatable bonds is 7. The first-order valence-electron chi connectivity index (χ1n) is 17.5. The van der Waals surface area contributed by atoms with Crippen molar-refractivity contribution in [3.8, 4) is 44.5 Å². The van der Waals surface area contributed by atoms with E-state index in [4.69, 9.17) is 0 Å². The van der Waals surface area contributed by atoms with Crippen LogP contribution in [0.25, 0.3) is 66.1 Å². The van der Waals surface area contributed by atoms with E-state index >= 15 is 0 Å². The van der Waals surface area contributed by atoms with Gasteiger partial charge in [-0.15, -0.1) is 0 Å². The Kier molecular flexibility index (Phi) is 7.92. The third kappa shape index (κ3) is 5.65. The Balaban J connectivity index is 1.26. The maximum absolute atomic E-state index is 2.41. The highest BCUT2D eigenvalue weighted by Gasteiger charge is 2.22. The zero-order valence-corrected chi connectivity index (χ0v) is 28.2. The molecule has 0 aromatic heterocycles. The molecule has 9 aromatic carbocycles. The van der Waals surface area contributed by atoms with Gasteiger partial charge in [-0.1, -0.05) is 176 Å². The minimum atomic E-state index is 1.10. The molecule has 0 atom stereocenters. The minimum absolute atomic E-state index is 1.10. The van der Waals surface area contributed by atoms with E-state index in [0.29, 0.717) is 0 Å². The maximum Gasteiger partial charge on any atom is 0.0546 e. The molecule has 51 heavy (non-hydrogen) atoms. The summed E-state index contributed by atoms with van der Waals surface area (Å²) in [7, 11) is 0. The zero-order valence-electron chi connectivity index (χ0n) is 28.2. The van der Waals surface area contributed by atoms with Gasteiger partial charge >= 0.3 is 0 Å². The fraction of sp³-hybridized carbons (Fsp3) is 0. The number of hydrogen-bond acceptors (Lipinski definition) is 1. The lowest BCUT2D eigenvalue weighted by Crippen LogP contribution is -2.12. The van der Waals surface area contributed by atoms with Crippen LogP contribution in [0.1, 0.15) is 0 Å². The third-order valence-electron chi connectivity index (χ3n) is 9.87. The zero-order chi connectivity index (χ0) is 34.0. The average molecular weight is 650 g/mol. The van der Waals surface area contributed by atoms with Gasteiger partial charge in [-0.25, -0.2) is 0 Å². The highest BCUT2D eigenvalue weighted by molar-refractivity contribution is 6.13. The van der Waals surface area contributed by atoms with E-state index in [-0.39, 0.29) is 0 Å². The molecule has 0 aliphatic rings. The van der Waals surface area contributed by atoms with E-state index in [1.807, 2.05) is 0 Å². The summed E-state index contributed by atoms with van der Waals surface area (Å²) in [6.45, 7) is 0. The summed E-state index contributed by atoms with van der Waals surface area (Å²) in [6.07, 6.45) is 0. The lowest BCUT2D eigenvalue weighted by atomic mass is 9.87. The van der Waals surface area contributed by atoms with E-state index in [9.17, 15) is 0 Å². The highest BCUT2D eigenvalue weighted by atomic mass is 15.1. The van der Waals surface area contributed by atoms with Crippen LogP contribution in [0.3, 0.4) is 0 Å². The monoisotopic (exact) mass is 649 g/mol. The second kappa shape index (κ2) is 13.3. The summed E-state index contributed by atoms with van der Waals surface area (Å²) in [5.41, 5.74) is 12.9. The summed E-state index contributed by atoms with van der Waals surface area (Å²) in [5.74, 6) is 0. The normalized spacial score (nSPS) is 11.1. The number of benzene rings is 9. The summed E-state index contributed by atoms with van der Waals surface area (Å²) in [6, 6.07) is 76.6. The average Bonchev–Trinajstić information content (AvgIpc) is 3.22. The molecular weight excluding hydrogens is 615 g/mol. The molecule has 0 spiro atoms. The molecule has 0 saturated heterocycles. The molecular formula is C50H35N. The number of hydrogen-bond donors (Lipinski definition) is 0. The van der Waals surface area contributed by atoms with Gasteiger partial charge in [-0.2, -0.15) is 0 Å². The van der Waals surface area contributed by atoms with Crippen molar-refractivity contribution in [1.82, 2.24) is 0 Å². The topological polar surface area (TPSA) is 3.24 Å². The Morgan fingerprint density at radius 2 is 0.765 bits per heavy atom. The molecule has 0 aliphatic heterocycles. The summed E-state index contributed by atoms with van der Waals surface area (Å²) in [4.78, 5) is 2.41. The van der Waals surface area contributed by atoms with Gasteiger partial charge in [0.25, 0.3) is 0 Å². The molecule has 0 amide bonds. The van der Waals surface area contributed by atoms with Crippen molar-refractivity contribution >= 4 is 38.6 Å². The fourth-order valence-corrected chi connectivity index (χ4v) is 7.53. The second-order valence-electron chi connectivity index (χ2n) is 12.9. The van der Waals surface area contributed by atoms with Crippen LogP contribution in [0.2, 0.25) is 0 Å². The van der Waals surface area contributed by atoms with Gasteiger partial charge in [0.05, 0.1) is 5.69 Å². The first-order valence-corrected chi connectivity index (χ1v) is 17.5. The second-order valence-corrected chi connectivity index (χ2v) is 12.9. The number of fused-ring (bicyclic) bond motifs is 3. The van der Waals surface area contributed by atoms with Crippen molar-refractivity contribution in [1.29, 1.82) is 0 Å². The standard InChI is InChI=1S/C50H35N/c1-4-17-36(18-5-1)42-24-12-15-28-47(42)50-44(37-19-6-2-7-20-37)29-16-30-49(50)51(40-22-8-3-9-23-40)41-33-31-38(32-34-41)48-35-39-21-10-11-25-43(39)45-26-13-14-27-46(45)48/h1-35H. The van der Waals surface area contributed by atoms with Gasteiger partial charge in [-0.3, -0.25) is 0 Å². The summed E-state index contributed by atoms with van der Waals surface area (Å²) >= 11 is 0. The molecule has 0 bridgehead atoms. The molecule has 9 rings (SSSR count). The van der Waals surface area contributed by atoms with Gasteiger partial charge < -0.3 is 4.90 Å². The lowest BCUT2D eigenvalue weighted by molar-refractivity contribution is 1.28. The van der Waals surface area contributed by atoms with E-state index in [1.165, 1.54) is 66.1 Å². The van der Waals surface area contributed by atoms with Gasteiger partial charge in [0.1, 0.15) is 0 Å². The van der Waals surface area contributed by atoms with Crippen LogP contribution in [0, 0.1) is 0 Å². The number of anilines is 3. The Morgan fingerprint density at radius 1 is 0.275 bits per heavy atom. The number of para-hydroxylation sites is 1. The van der Waals surface area contributed by atoms with Crippen molar-refractivity contribution in [2.75, 3.05) is 4.90 Å². The van der Waals surface area contributed by atoms with Crippen LogP contribution >= 0.6 is 0 Å². The third-order valence-corrected chi connectivity index (χ3v) is 9.87. The molecule has 240 valence electrons. The Labute approximate surface area is 299 Å². The van der Waals surface area contributed by atoms with Crippen LogP contribution in [0.4, 0.5) is 17.1 Å². The molecule has 0 saturated carbocycles. The van der Waals surface area contributed by atoms with E-state index < -0.39 is 0 Å². The quantitative estimate of drug-likeness (QED) is 0.155. The van der Waals surface area contributed by atoms with E-state index in [0.717, 1.165) is 17.1 Å². The first kappa shape index (κ1) is 30.4. The van der Waals surface area contributed by atoms with Crippen molar-refractivity contribution in [3.05, 3.63) is 212 Å². The van der Waals surface area contributed by atoms with Gasteiger partial charge in [0.2, 0.25) is 0 Å². The predicted octanol–water partition coefficient (Wildman–Crippen LogP) is 14.1. The fourth-order valence-electron chi connectivity index (χ4n) is 7.53. The van der Waals surface area contributed by atoms with Crippen molar-refractivity contribution in [2.24, 2.45) is 0 Å². The van der Waals surface area contributed by atoms with E-state index in [2.05, 4.69) is 217 Å². The molecule has 1 heteroatoms. The van der Waals surface area contributed by atoms with Crippen LogP contribution in [0.5, 0.6) is 0 Å². The largest absolute Gasteiger partial charge is 0.310 e. The van der Waals surface area contributed by atoms with Crippen molar-refractivity contribution < 1.29 is 0 Å². The van der Waals surface area contributed by atoms with Gasteiger partial charge in [0.15, 0.2) is 0 Å². The lowest BCUT2D eigenvalue weighted by Gasteiger charge is -2.30. The van der Waals surface area contributed by atoms with Crippen LogP contribution in [-0.4, -0.2) is 0 Å². The van der Waals surface area contributed by atoms with Crippen molar-refractivity contribution in [3.63, 3.8) is 0 Å². The van der Waals surface area contributed by atoms with Gasteiger partial charge in [-0.05, 0) is 96.9 Å². The molecule has 0 N–H and O–H groups in total. The smallest absolute Gasteiger partial charge is 0.0546 e. The van der Waals surface area contributed by atoms with Gasteiger partial charge in [0, 0.05) is 16.9 Å². The first-order chi connectivity index (χ1) is 25.3. The van der Waals surface area contributed by atoms with E-state index in [1.54, 1.807) is 0 Å². The van der Waals surface area contributed by atoms with Crippen LogP contribution < -0.4 is 4.90 Å². The molecule has 0 unspecified atom stereocenters. The molecule has 1 nitrogen and oxygen atoms in total. The SMILES string of the molecule is c1ccc(-c2ccccc2-c2c(-c3ccccc3)cccc2N(c2ccccc2)c2ccc(-c3cc4ccccc4c4ccccc34)cc2)cc1. The maximum atomic E-state index is 2.41. The van der Waals surface area contributed by atoms with Crippen LogP contribution in [0.15, 0.2) is 212 Å². The number of nitrogens with zero attached hydrogens (tertiary/aromatic N) is 1. The summed E-state index contributed by atoms with van der Waals surface area (Å²) in [5, 5.41) is 5.07. The Morgan fingerprint density at radius 3 is 1.47 bits per heavy atom. The Hall–Kier alpha value is -6.70. The molecule has 0 aliphatic carbocycles.